The summed E-state index contributed by atoms with van der Waals surface area (Å²) in [6.07, 6.45) is 5.63. The molecule has 0 atom stereocenters. The number of carbonyl (C=O) groups is 2. The zero-order valence-corrected chi connectivity index (χ0v) is 21.5. The van der Waals surface area contributed by atoms with Crippen LogP contribution in [0.5, 0.6) is 0 Å². The molecule has 0 saturated heterocycles. The Hall–Kier alpha value is -3.51. The van der Waals surface area contributed by atoms with Crippen LogP contribution < -0.4 is 5.32 Å². The Labute approximate surface area is 215 Å². The van der Waals surface area contributed by atoms with Crippen molar-refractivity contribution < 1.29 is 14.3 Å². The van der Waals surface area contributed by atoms with Crippen LogP contribution in [-0.4, -0.2) is 23.5 Å². The first-order valence-electron chi connectivity index (χ1n) is 12.7. The van der Waals surface area contributed by atoms with Crippen molar-refractivity contribution in [3.05, 3.63) is 81.7 Å². The second-order valence-corrected chi connectivity index (χ2v) is 10.2. The van der Waals surface area contributed by atoms with Crippen molar-refractivity contribution in [2.45, 2.75) is 52.4 Å². The van der Waals surface area contributed by atoms with E-state index >= 15 is 0 Å². The van der Waals surface area contributed by atoms with Crippen molar-refractivity contribution in [3.8, 4) is 11.3 Å². The number of esters is 1. The number of thiophene rings is 1. The predicted molar refractivity (Wildman–Crippen MR) is 146 cm³/mol. The molecule has 1 aliphatic rings. The first-order chi connectivity index (χ1) is 17.6. The third-order valence-electron chi connectivity index (χ3n) is 6.66. The van der Waals surface area contributed by atoms with Crippen LogP contribution >= 0.6 is 11.3 Å². The molecular formula is C30H30N2O3S. The summed E-state index contributed by atoms with van der Waals surface area (Å²) in [5.41, 5.74) is 5.82. The molecule has 2 heterocycles. The average molecular weight is 499 g/mol. The van der Waals surface area contributed by atoms with Crippen molar-refractivity contribution in [2.24, 2.45) is 0 Å². The molecule has 36 heavy (non-hydrogen) atoms. The maximum absolute atomic E-state index is 13.7. The molecule has 0 spiro atoms. The highest BCUT2D eigenvalue weighted by atomic mass is 32.1. The lowest BCUT2D eigenvalue weighted by Gasteiger charge is -2.13. The van der Waals surface area contributed by atoms with E-state index in [1.54, 1.807) is 0 Å². The Balaban J connectivity index is 1.54. The van der Waals surface area contributed by atoms with Gasteiger partial charge in [-0.1, -0.05) is 56.3 Å². The maximum Gasteiger partial charge on any atom is 0.341 e. The number of hydrogen-bond donors (Lipinski definition) is 1. The van der Waals surface area contributed by atoms with Crippen LogP contribution in [0.2, 0.25) is 0 Å². The van der Waals surface area contributed by atoms with Crippen molar-refractivity contribution in [1.29, 1.82) is 0 Å². The van der Waals surface area contributed by atoms with Gasteiger partial charge in [0.05, 0.1) is 28.9 Å². The number of aromatic nitrogens is 1. The van der Waals surface area contributed by atoms with Crippen LogP contribution in [0.15, 0.2) is 54.6 Å². The first kappa shape index (κ1) is 24.2. The molecule has 1 N–H and O–H groups in total. The third kappa shape index (κ3) is 4.78. The summed E-state index contributed by atoms with van der Waals surface area (Å²) in [4.78, 5) is 32.7. The van der Waals surface area contributed by atoms with Gasteiger partial charge in [-0.05, 0) is 61.8 Å². The number of ether oxygens (including phenoxy) is 1. The Kier molecular flexibility index (Phi) is 7.14. The van der Waals surface area contributed by atoms with Gasteiger partial charge >= 0.3 is 5.97 Å². The zero-order chi connectivity index (χ0) is 25.1. The van der Waals surface area contributed by atoms with E-state index in [2.05, 4.69) is 24.4 Å². The number of carbonyl (C=O) groups excluding carboxylic acids is 2. The number of rotatable bonds is 7. The summed E-state index contributed by atoms with van der Waals surface area (Å²) in [5.74, 6) is -0.592. The molecule has 1 amide bonds. The molecule has 5 nitrogen and oxygen atoms in total. The van der Waals surface area contributed by atoms with Crippen LogP contribution in [-0.2, 0) is 24.0 Å². The summed E-state index contributed by atoms with van der Waals surface area (Å²) in [5, 5.41) is 4.45. The highest BCUT2D eigenvalue weighted by molar-refractivity contribution is 7.17. The third-order valence-corrected chi connectivity index (χ3v) is 7.87. The molecule has 0 unspecified atom stereocenters. The van der Waals surface area contributed by atoms with E-state index in [-0.39, 0.29) is 11.9 Å². The molecule has 2 aromatic heterocycles. The number of para-hydroxylation sites is 1. The van der Waals surface area contributed by atoms with Gasteiger partial charge in [-0.3, -0.25) is 4.79 Å². The predicted octanol–water partition coefficient (Wildman–Crippen LogP) is 7.22. The zero-order valence-electron chi connectivity index (χ0n) is 20.7. The first-order valence-corrected chi connectivity index (χ1v) is 13.5. The molecule has 5 rings (SSSR count). The number of hydrogen-bond acceptors (Lipinski definition) is 5. The number of fused-ring (bicyclic) bond motifs is 2. The molecule has 184 valence electrons. The monoisotopic (exact) mass is 498 g/mol. The van der Waals surface area contributed by atoms with E-state index in [4.69, 9.17) is 9.72 Å². The second kappa shape index (κ2) is 10.6. The fourth-order valence-corrected chi connectivity index (χ4v) is 6.00. The summed E-state index contributed by atoms with van der Waals surface area (Å²) in [7, 11) is 0. The molecule has 0 bridgehead atoms. The minimum atomic E-state index is -0.345. The fraction of sp³-hybridized carbons (Fsp3) is 0.300. The van der Waals surface area contributed by atoms with Crippen LogP contribution in [0.4, 0.5) is 5.00 Å². The largest absolute Gasteiger partial charge is 0.462 e. The van der Waals surface area contributed by atoms with E-state index < -0.39 is 0 Å². The van der Waals surface area contributed by atoms with E-state index in [1.807, 2.05) is 49.4 Å². The van der Waals surface area contributed by atoms with E-state index in [0.29, 0.717) is 22.7 Å². The molecule has 2 aromatic carbocycles. The Morgan fingerprint density at radius 1 is 1.03 bits per heavy atom. The lowest BCUT2D eigenvalue weighted by molar-refractivity contribution is 0.0505. The van der Waals surface area contributed by atoms with E-state index in [0.717, 1.165) is 66.2 Å². The number of aryl methyl sites for hydroxylation is 2. The molecule has 1 aliphatic carbocycles. The maximum atomic E-state index is 13.7. The molecule has 0 aliphatic heterocycles. The summed E-state index contributed by atoms with van der Waals surface area (Å²) >= 11 is 1.51. The SMILES string of the molecule is CCCOC(=O)c1c(NC(=O)c2cc(-c3ccc(CC)cc3)nc3ccccc23)sc2c1CCCC2. The minimum absolute atomic E-state index is 0.247. The molecule has 0 radical (unpaired) electrons. The van der Waals surface area contributed by atoms with Gasteiger partial charge < -0.3 is 10.1 Å². The average Bonchev–Trinajstić information content (AvgIpc) is 3.28. The van der Waals surface area contributed by atoms with Crippen LogP contribution in [0, 0.1) is 0 Å². The van der Waals surface area contributed by atoms with Gasteiger partial charge in [0.1, 0.15) is 5.00 Å². The van der Waals surface area contributed by atoms with Gasteiger partial charge in [-0.25, -0.2) is 9.78 Å². The number of nitrogens with zero attached hydrogens (tertiary/aromatic N) is 1. The van der Waals surface area contributed by atoms with E-state index in [1.165, 1.54) is 21.8 Å². The van der Waals surface area contributed by atoms with Gasteiger partial charge in [-0.2, -0.15) is 0 Å². The minimum Gasteiger partial charge on any atom is -0.462 e. The number of nitrogens with one attached hydrogen (secondary N) is 1. The molecule has 0 saturated carbocycles. The Bertz CT molecular complexity index is 1420. The van der Waals surface area contributed by atoms with Crippen LogP contribution in [0.1, 0.15) is 69.8 Å². The quantitative estimate of drug-likeness (QED) is 0.273. The lowest BCUT2D eigenvalue weighted by Crippen LogP contribution is -2.16. The van der Waals surface area contributed by atoms with Crippen LogP contribution in [0.3, 0.4) is 0 Å². The van der Waals surface area contributed by atoms with Gasteiger partial charge in [-0.15, -0.1) is 11.3 Å². The number of anilines is 1. The highest BCUT2D eigenvalue weighted by Crippen LogP contribution is 2.39. The summed E-state index contributed by atoms with van der Waals surface area (Å²) < 4.78 is 5.50. The second-order valence-electron chi connectivity index (χ2n) is 9.13. The number of pyridine rings is 1. The van der Waals surface area contributed by atoms with Crippen LogP contribution in [0.25, 0.3) is 22.2 Å². The number of benzene rings is 2. The summed E-state index contributed by atoms with van der Waals surface area (Å²) in [6, 6.07) is 17.8. The normalized spacial score (nSPS) is 12.8. The Morgan fingerprint density at radius 3 is 2.58 bits per heavy atom. The highest BCUT2D eigenvalue weighted by Gasteiger charge is 2.28. The van der Waals surface area contributed by atoms with Crippen molar-refractivity contribution >= 4 is 39.1 Å². The van der Waals surface area contributed by atoms with Gasteiger partial charge in [0.25, 0.3) is 5.91 Å². The number of amides is 1. The Morgan fingerprint density at radius 2 is 1.81 bits per heavy atom. The molecular weight excluding hydrogens is 468 g/mol. The molecule has 4 aromatic rings. The van der Waals surface area contributed by atoms with Crippen molar-refractivity contribution in [1.82, 2.24) is 4.98 Å². The van der Waals surface area contributed by atoms with E-state index in [9.17, 15) is 9.59 Å². The van der Waals surface area contributed by atoms with Gasteiger partial charge in [0.15, 0.2) is 0 Å². The summed E-state index contributed by atoms with van der Waals surface area (Å²) in [6.45, 7) is 4.47. The topological polar surface area (TPSA) is 68.3 Å². The fourth-order valence-electron chi connectivity index (χ4n) is 4.73. The standard InChI is InChI=1S/C30H30N2O3S/c1-3-17-35-30(34)27-22-10-6-8-12-26(22)36-29(27)32-28(33)23-18-25(20-15-13-19(4-2)14-16-20)31-24-11-7-5-9-21(23)24/h5,7,9,11,13-16,18H,3-4,6,8,10,12,17H2,1-2H3,(H,32,33). The molecule has 0 fully saturated rings. The van der Waals surface area contributed by atoms with Gasteiger partial charge in [0.2, 0.25) is 0 Å². The van der Waals surface area contributed by atoms with Crippen molar-refractivity contribution in [3.63, 3.8) is 0 Å². The lowest BCUT2D eigenvalue weighted by atomic mass is 9.95. The van der Waals surface area contributed by atoms with Gasteiger partial charge in [0, 0.05) is 15.8 Å². The molecule has 6 heteroatoms. The van der Waals surface area contributed by atoms with Crippen molar-refractivity contribution in [2.75, 3.05) is 11.9 Å². The smallest absolute Gasteiger partial charge is 0.341 e.